The molecule has 0 aromatic carbocycles. The molecule has 0 aliphatic rings. The molecule has 0 spiro atoms. The number of alkyl halides is 3. The maximum Gasteiger partial charge on any atom is 0.413 e. The van der Waals surface area contributed by atoms with Crippen LogP contribution in [0.2, 0.25) is 0 Å². The molecule has 8 heteroatoms. The summed E-state index contributed by atoms with van der Waals surface area (Å²) < 4.78 is 36.4. The molecule has 0 saturated heterocycles. The van der Waals surface area contributed by atoms with Crippen molar-refractivity contribution >= 4 is 0 Å². The number of rotatable bonds is 6. The Balaban J connectivity index is 2.09. The lowest BCUT2D eigenvalue weighted by Gasteiger charge is -2.12. The van der Waals surface area contributed by atoms with E-state index in [9.17, 15) is 18.3 Å². The van der Waals surface area contributed by atoms with Crippen LogP contribution in [0.15, 0.2) is 18.5 Å². The van der Waals surface area contributed by atoms with E-state index in [4.69, 9.17) is 0 Å². The lowest BCUT2D eigenvalue weighted by atomic mass is 10.3. The number of aliphatic hydroxyl groups is 1. The molecule has 0 radical (unpaired) electrons. The van der Waals surface area contributed by atoms with Crippen LogP contribution in [0.5, 0.6) is 0 Å². The van der Waals surface area contributed by atoms with E-state index in [1.165, 1.54) is 4.68 Å². The number of aromatic nitrogens is 2. The molecule has 1 aromatic heterocycles. The smallest absolute Gasteiger partial charge is 0.390 e. The molecule has 92 valence electrons. The largest absolute Gasteiger partial charge is 0.413 e. The Hall–Kier alpha value is -1.12. The van der Waals surface area contributed by atoms with Crippen LogP contribution in [0.25, 0.3) is 0 Å². The minimum Gasteiger partial charge on any atom is -0.390 e. The SMILES string of the molecule is OC(CNOCC(F)(F)F)Cn1cccn1. The predicted octanol–water partition coefficient (Wildman–Crippen LogP) is 0.327. The molecule has 0 amide bonds. The van der Waals surface area contributed by atoms with E-state index in [0.717, 1.165) is 0 Å². The maximum atomic E-state index is 11.6. The third-order valence-electron chi connectivity index (χ3n) is 1.61. The van der Waals surface area contributed by atoms with Gasteiger partial charge in [0.2, 0.25) is 0 Å². The standard InChI is InChI=1S/C8H12F3N3O2/c9-8(10,11)6-16-13-4-7(15)5-14-3-1-2-12-14/h1-3,7,13,15H,4-6H2. The van der Waals surface area contributed by atoms with Crippen LogP contribution < -0.4 is 5.48 Å². The highest BCUT2D eigenvalue weighted by molar-refractivity contribution is 4.78. The van der Waals surface area contributed by atoms with Crippen LogP contribution in [0, 0.1) is 0 Å². The van der Waals surface area contributed by atoms with Crippen molar-refractivity contribution in [1.82, 2.24) is 15.3 Å². The molecule has 0 aliphatic carbocycles. The number of hydrogen-bond acceptors (Lipinski definition) is 4. The van der Waals surface area contributed by atoms with Crippen molar-refractivity contribution in [2.75, 3.05) is 13.2 Å². The molecule has 1 heterocycles. The van der Waals surface area contributed by atoms with Crippen LogP contribution in [0.3, 0.4) is 0 Å². The van der Waals surface area contributed by atoms with Gasteiger partial charge in [-0.25, -0.2) is 0 Å². The van der Waals surface area contributed by atoms with Crippen molar-refractivity contribution in [3.63, 3.8) is 0 Å². The van der Waals surface area contributed by atoms with Gasteiger partial charge in [-0.1, -0.05) is 0 Å². The fourth-order valence-electron chi connectivity index (χ4n) is 0.977. The molecule has 2 N–H and O–H groups in total. The van der Waals surface area contributed by atoms with Gasteiger partial charge in [0.1, 0.15) is 0 Å². The Labute approximate surface area is 89.8 Å². The highest BCUT2D eigenvalue weighted by Crippen LogP contribution is 2.13. The first-order valence-electron chi connectivity index (χ1n) is 4.54. The summed E-state index contributed by atoms with van der Waals surface area (Å²) in [6, 6.07) is 1.68. The topological polar surface area (TPSA) is 59.3 Å². The molecule has 1 rings (SSSR count). The average Bonchev–Trinajstić information content (AvgIpc) is 2.63. The lowest BCUT2D eigenvalue weighted by Crippen LogP contribution is -2.33. The fraction of sp³-hybridized carbons (Fsp3) is 0.625. The third kappa shape index (κ3) is 5.69. The second-order valence-electron chi connectivity index (χ2n) is 3.13. The average molecular weight is 239 g/mol. The fourth-order valence-corrected chi connectivity index (χ4v) is 0.977. The Morgan fingerprint density at radius 1 is 1.50 bits per heavy atom. The molecule has 5 nitrogen and oxygen atoms in total. The molecule has 0 bridgehead atoms. The van der Waals surface area contributed by atoms with Crippen LogP contribution in [-0.2, 0) is 11.4 Å². The van der Waals surface area contributed by atoms with Crippen molar-refractivity contribution in [3.8, 4) is 0 Å². The minimum absolute atomic E-state index is 0.101. The van der Waals surface area contributed by atoms with Gasteiger partial charge in [0.25, 0.3) is 0 Å². The van der Waals surface area contributed by atoms with Gasteiger partial charge in [0, 0.05) is 18.9 Å². The van der Waals surface area contributed by atoms with Gasteiger partial charge in [-0.15, -0.1) is 0 Å². The first-order chi connectivity index (χ1) is 7.47. The van der Waals surface area contributed by atoms with Crippen molar-refractivity contribution < 1.29 is 23.1 Å². The van der Waals surface area contributed by atoms with Gasteiger partial charge in [0.15, 0.2) is 6.61 Å². The van der Waals surface area contributed by atoms with E-state index in [0.29, 0.717) is 0 Å². The third-order valence-corrected chi connectivity index (χ3v) is 1.61. The Kier molecular flexibility index (Phi) is 4.71. The van der Waals surface area contributed by atoms with Gasteiger partial charge < -0.3 is 5.11 Å². The summed E-state index contributed by atoms with van der Waals surface area (Å²) in [5.41, 5.74) is 2.04. The zero-order chi connectivity index (χ0) is 12.0. The number of hydroxylamine groups is 1. The summed E-state index contributed by atoms with van der Waals surface area (Å²) in [6.07, 6.45) is -2.06. The molecular weight excluding hydrogens is 227 g/mol. The van der Waals surface area contributed by atoms with E-state index >= 15 is 0 Å². The van der Waals surface area contributed by atoms with Crippen LogP contribution in [-0.4, -0.2) is 40.3 Å². The van der Waals surface area contributed by atoms with Gasteiger partial charge in [-0.05, 0) is 6.07 Å². The monoisotopic (exact) mass is 239 g/mol. The van der Waals surface area contributed by atoms with Crippen LogP contribution in [0.1, 0.15) is 0 Å². The predicted molar refractivity (Wildman–Crippen MR) is 48.2 cm³/mol. The second kappa shape index (κ2) is 5.83. The molecule has 1 unspecified atom stereocenters. The molecule has 16 heavy (non-hydrogen) atoms. The number of aliphatic hydroxyl groups excluding tert-OH is 1. The second-order valence-corrected chi connectivity index (χ2v) is 3.13. The summed E-state index contributed by atoms with van der Waals surface area (Å²) in [4.78, 5) is 4.12. The summed E-state index contributed by atoms with van der Waals surface area (Å²) in [5.74, 6) is 0. The lowest BCUT2D eigenvalue weighted by molar-refractivity contribution is -0.191. The molecule has 1 aromatic rings. The van der Waals surface area contributed by atoms with Gasteiger partial charge in [-0.2, -0.15) is 23.8 Å². The quantitative estimate of drug-likeness (QED) is 0.554. The van der Waals surface area contributed by atoms with Crippen molar-refractivity contribution in [2.24, 2.45) is 0 Å². The number of nitrogens with one attached hydrogen (secondary N) is 1. The molecule has 0 saturated carbocycles. The van der Waals surface area contributed by atoms with E-state index in [1.807, 2.05) is 5.48 Å². The normalized spacial score (nSPS) is 14.0. The van der Waals surface area contributed by atoms with Gasteiger partial charge in [-0.3, -0.25) is 9.52 Å². The van der Waals surface area contributed by atoms with E-state index in [-0.39, 0.29) is 13.1 Å². The maximum absolute atomic E-state index is 11.6. The van der Waals surface area contributed by atoms with E-state index in [2.05, 4.69) is 9.94 Å². The number of hydrogen-bond donors (Lipinski definition) is 2. The Bertz CT molecular complexity index is 289. The zero-order valence-corrected chi connectivity index (χ0v) is 8.31. The minimum atomic E-state index is -4.38. The molecule has 0 fully saturated rings. The summed E-state index contributed by atoms with van der Waals surface area (Å²) in [6.45, 7) is -1.30. The summed E-state index contributed by atoms with van der Waals surface area (Å²) in [5, 5.41) is 13.2. The van der Waals surface area contributed by atoms with Crippen molar-refractivity contribution in [3.05, 3.63) is 18.5 Å². The highest BCUT2D eigenvalue weighted by Gasteiger charge is 2.27. The Morgan fingerprint density at radius 3 is 2.81 bits per heavy atom. The van der Waals surface area contributed by atoms with Crippen molar-refractivity contribution in [1.29, 1.82) is 0 Å². The highest BCUT2D eigenvalue weighted by atomic mass is 19.4. The molecule has 1 atom stereocenters. The van der Waals surface area contributed by atoms with Crippen LogP contribution >= 0.6 is 0 Å². The Morgan fingerprint density at radius 2 is 2.25 bits per heavy atom. The summed E-state index contributed by atoms with van der Waals surface area (Å²) >= 11 is 0. The zero-order valence-electron chi connectivity index (χ0n) is 8.31. The van der Waals surface area contributed by atoms with Crippen molar-refractivity contribution in [2.45, 2.75) is 18.8 Å². The van der Waals surface area contributed by atoms with Gasteiger partial charge in [0.05, 0.1) is 12.6 Å². The number of halogens is 3. The molecule has 0 aliphatic heterocycles. The first-order valence-corrected chi connectivity index (χ1v) is 4.54. The van der Waals surface area contributed by atoms with E-state index < -0.39 is 18.9 Å². The first kappa shape index (κ1) is 12.9. The molecular formula is C8H12F3N3O2. The van der Waals surface area contributed by atoms with E-state index in [1.54, 1.807) is 18.5 Å². The summed E-state index contributed by atoms with van der Waals surface area (Å²) in [7, 11) is 0. The van der Waals surface area contributed by atoms with Gasteiger partial charge >= 0.3 is 6.18 Å². The number of nitrogens with zero attached hydrogens (tertiary/aromatic N) is 2. The van der Waals surface area contributed by atoms with Crippen LogP contribution in [0.4, 0.5) is 13.2 Å².